The van der Waals surface area contributed by atoms with Crippen LogP contribution in [0.1, 0.15) is 16.7 Å². The van der Waals surface area contributed by atoms with E-state index in [4.69, 9.17) is 4.74 Å². The largest absolute Gasteiger partial charge is 0.487 e. The van der Waals surface area contributed by atoms with Crippen LogP contribution in [0, 0.1) is 0 Å². The Kier molecular flexibility index (Phi) is 7.29. The molecule has 0 radical (unpaired) electrons. The van der Waals surface area contributed by atoms with Crippen LogP contribution in [-0.2, 0) is 24.4 Å². The normalized spacial score (nSPS) is 12.1. The van der Waals surface area contributed by atoms with Gasteiger partial charge in [0.1, 0.15) is 18.4 Å². The van der Waals surface area contributed by atoms with Crippen molar-refractivity contribution in [1.82, 2.24) is 10.3 Å². The van der Waals surface area contributed by atoms with Crippen molar-refractivity contribution in [3.05, 3.63) is 98.6 Å². The number of aliphatic carboxylic acids is 1. The van der Waals surface area contributed by atoms with Gasteiger partial charge in [-0.1, -0.05) is 48.5 Å². The standard InChI is InChI=1S/C25H22Br2N2O3/c26-20-10-17(11-21(27)24(20)32-15-16-6-2-1-3-7-16)13-28-23(25(30)31)12-18-14-29-22-9-5-4-8-19(18)22/h1-11,14,23,28-29H,12-13,15H2,(H,30,31)/t23-/m1/s1. The predicted molar refractivity (Wildman–Crippen MR) is 133 cm³/mol. The number of rotatable bonds is 9. The Morgan fingerprint density at radius 2 is 1.69 bits per heavy atom. The van der Waals surface area contributed by atoms with Gasteiger partial charge >= 0.3 is 5.97 Å². The number of nitrogens with one attached hydrogen (secondary N) is 2. The molecule has 0 amide bonds. The average Bonchev–Trinajstić information content (AvgIpc) is 3.19. The molecule has 0 aliphatic carbocycles. The highest BCUT2D eigenvalue weighted by Crippen LogP contribution is 2.35. The van der Waals surface area contributed by atoms with Crippen molar-refractivity contribution in [2.45, 2.75) is 25.6 Å². The summed E-state index contributed by atoms with van der Waals surface area (Å²) in [4.78, 5) is 15.1. The van der Waals surface area contributed by atoms with E-state index in [0.29, 0.717) is 25.3 Å². The van der Waals surface area contributed by atoms with Crippen LogP contribution in [0.15, 0.2) is 81.9 Å². The third-order valence-electron chi connectivity index (χ3n) is 5.23. The maximum Gasteiger partial charge on any atom is 0.321 e. The lowest BCUT2D eigenvalue weighted by atomic mass is 10.0. The second-order valence-corrected chi connectivity index (χ2v) is 9.21. The maximum absolute atomic E-state index is 11.9. The van der Waals surface area contributed by atoms with Gasteiger partial charge in [0.15, 0.2) is 0 Å². The molecular formula is C25H22Br2N2O3. The molecule has 0 saturated carbocycles. The second kappa shape index (κ2) is 10.3. The number of hydrogen-bond acceptors (Lipinski definition) is 3. The van der Waals surface area contributed by atoms with Crippen LogP contribution in [-0.4, -0.2) is 22.1 Å². The Hall–Kier alpha value is -2.61. The molecule has 1 heterocycles. The van der Waals surface area contributed by atoms with Crippen molar-refractivity contribution in [1.29, 1.82) is 0 Å². The van der Waals surface area contributed by atoms with Crippen molar-refractivity contribution in [2.75, 3.05) is 0 Å². The first kappa shape index (κ1) is 22.6. The zero-order valence-corrected chi connectivity index (χ0v) is 20.3. The van der Waals surface area contributed by atoms with E-state index in [9.17, 15) is 9.90 Å². The summed E-state index contributed by atoms with van der Waals surface area (Å²) in [6, 6.07) is 21.0. The summed E-state index contributed by atoms with van der Waals surface area (Å²) in [7, 11) is 0. The molecule has 4 rings (SSSR count). The molecule has 5 nitrogen and oxygen atoms in total. The molecule has 0 aliphatic heterocycles. The molecule has 0 bridgehead atoms. The first-order valence-corrected chi connectivity index (χ1v) is 11.8. The number of carboxylic acids is 1. The SMILES string of the molecule is O=C(O)[C@@H](Cc1c[nH]c2ccccc12)NCc1cc(Br)c(OCc2ccccc2)c(Br)c1. The van der Waals surface area contributed by atoms with E-state index in [1.807, 2.05) is 72.9 Å². The van der Waals surface area contributed by atoms with Crippen LogP contribution in [0.4, 0.5) is 0 Å². The van der Waals surface area contributed by atoms with Crippen molar-refractivity contribution in [2.24, 2.45) is 0 Å². The van der Waals surface area contributed by atoms with Gasteiger partial charge in [-0.2, -0.15) is 0 Å². The molecule has 0 unspecified atom stereocenters. The van der Waals surface area contributed by atoms with Gasteiger partial charge in [-0.25, -0.2) is 0 Å². The molecule has 0 saturated heterocycles. The van der Waals surface area contributed by atoms with Gasteiger partial charge in [-0.15, -0.1) is 0 Å². The summed E-state index contributed by atoms with van der Waals surface area (Å²) in [5, 5.41) is 14.0. The van der Waals surface area contributed by atoms with Crippen molar-refractivity contribution >= 4 is 48.7 Å². The minimum atomic E-state index is -0.878. The predicted octanol–water partition coefficient (Wildman–Crippen LogP) is 6.06. The fourth-order valence-corrected chi connectivity index (χ4v) is 5.10. The summed E-state index contributed by atoms with van der Waals surface area (Å²) in [6.07, 6.45) is 2.27. The quantitative estimate of drug-likeness (QED) is 0.234. The number of aromatic nitrogens is 1. The monoisotopic (exact) mass is 556 g/mol. The minimum Gasteiger partial charge on any atom is -0.487 e. The van der Waals surface area contributed by atoms with Gasteiger partial charge in [-0.3, -0.25) is 4.79 Å². The smallest absolute Gasteiger partial charge is 0.321 e. The molecule has 7 heteroatoms. The number of benzene rings is 3. The zero-order chi connectivity index (χ0) is 22.5. The number of carboxylic acid groups (broad SMARTS) is 1. The Morgan fingerprint density at radius 1 is 1.00 bits per heavy atom. The number of H-pyrrole nitrogens is 1. The van der Waals surface area contributed by atoms with Gasteiger partial charge in [-0.05, 0) is 66.7 Å². The molecule has 1 aromatic heterocycles. The number of para-hydroxylation sites is 1. The van der Waals surface area contributed by atoms with Crippen LogP contribution in [0.2, 0.25) is 0 Å². The number of hydrogen-bond donors (Lipinski definition) is 3. The van der Waals surface area contributed by atoms with Gasteiger partial charge in [0.25, 0.3) is 0 Å². The lowest BCUT2D eigenvalue weighted by Crippen LogP contribution is -2.38. The number of aromatic amines is 1. The van der Waals surface area contributed by atoms with E-state index in [1.54, 1.807) is 0 Å². The topological polar surface area (TPSA) is 74.3 Å². The van der Waals surface area contributed by atoms with Crippen molar-refractivity contribution in [3.63, 3.8) is 0 Å². The Labute approximate surface area is 203 Å². The first-order valence-electron chi connectivity index (χ1n) is 10.2. The van der Waals surface area contributed by atoms with Crippen LogP contribution in [0.25, 0.3) is 10.9 Å². The molecule has 0 fully saturated rings. The number of carbonyl (C=O) groups is 1. The van der Waals surface area contributed by atoms with E-state index in [-0.39, 0.29) is 0 Å². The highest BCUT2D eigenvalue weighted by molar-refractivity contribution is 9.11. The molecule has 164 valence electrons. The third-order valence-corrected chi connectivity index (χ3v) is 6.41. The van der Waals surface area contributed by atoms with Crippen LogP contribution in [0.5, 0.6) is 5.75 Å². The molecule has 3 aromatic carbocycles. The molecule has 0 spiro atoms. The third kappa shape index (κ3) is 5.41. The molecule has 1 atom stereocenters. The first-order chi connectivity index (χ1) is 15.5. The van der Waals surface area contributed by atoms with E-state index in [0.717, 1.165) is 36.5 Å². The maximum atomic E-state index is 11.9. The van der Waals surface area contributed by atoms with Crippen LogP contribution < -0.4 is 10.1 Å². The van der Waals surface area contributed by atoms with Gasteiger partial charge in [0, 0.05) is 30.1 Å². The van der Waals surface area contributed by atoms with Crippen molar-refractivity contribution < 1.29 is 14.6 Å². The Balaban J connectivity index is 1.42. The number of ether oxygens (including phenoxy) is 1. The van der Waals surface area contributed by atoms with Crippen LogP contribution in [0.3, 0.4) is 0 Å². The highest BCUT2D eigenvalue weighted by atomic mass is 79.9. The van der Waals surface area contributed by atoms with Gasteiger partial charge in [0.2, 0.25) is 0 Å². The minimum absolute atomic E-state index is 0.389. The molecule has 32 heavy (non-hydrogen) atoms. The molecule has 0 aliphatic rings. The summed E-state index contributed by atoms with van der Waals surface area (Å²) in [5.41, 5.74) is 4.01. The molecular weight excluding hydrogens is 536 g/mol. The van der Waals surface area contributed by atoms with E-state index >= 15 is 0 Å². The van der Waals surface area contributed by atoms with Crippen LogP contribution >= 0.6 is 31.9 Å². The Morgan fingerprint density at radius 3 is 2.41 bits per heavy atom. The number of halogens is 2. The fraction of sp³-hybridized carbons (Fsp3) is 0.160. The summed E-state index contributed by atoms with van der Waals surface area (Å²) >= 11 is 7.16. The lowest BCUT2D eigenvalue weighted by molar-refractivity contribution is -0.139. The van der Waals surface area contributed by atoms with Crippen molar-refractivity contribution in [3.8, 4) is 5.75 Å². The molecule has 4 aromatic rings. The average molecular weight is 558 g/mol. The lowest BCUT2D eigenvalue weighted by Gasteiger charge is -2.16. The van der Waals surface area contributed by atoms with Gasteiger partial charge in [0.05, 0.1) is 8.95 Å². The summed E-state index contributed by atoms with van der Waals surface area (Å²) in [6.45, 7) is 0.872. The van der Waals surface area contributed by atoms with Gasteiger partial charge < -0.3 is 20.1 Å². The van der Waals surface area contributed by atoms with E-state index in [2.05, 4.69) is 42.2 Å². The molecule has 3 N–H and O–H groups in total. The summed E-state index contributed by atoms with van der Waals surface area (Å²) in [5.74, 6) is -0.164. The zero-order valence-electron chi connectivity index (χ0n) is 17.1. The fourth-order valence-electron chi connectivity index (χ4n) is 3.59. The van der Waals surface area contributed by atoms with E-state index < -0.39 is 12.0 Å². The van der Waals surface area contributed by atoms with E-state index in [1.165, 1.54) is 0 Å². The Bertz CT molecular complexity index is 1200. The summed E-state index contributed by atoms with van der Waals surface area (Å²) < 4.78 is 7.59. The highest BCUT2D eigenvalue weighted by Gasteiger charge is 2.20. The number of fused-ring (bicyclic) bond motifs is 1. The second-order valence-electron chi connectivity index (χ2n) is 7.50.